The van der Waals surface area contributed by atoms with Crippen molar-refractivity contribution in [1.29, 1.82) is 0 Å². The van der Waals surface area contributed by atoms with Crippen LogP contribution in [-0.4, -0.2) is 56.8 Å². The number of hydrogen-bond donors (Lipinski definition) is 0. The van der Waals surface area contributed by atoms with Gasteiger partial charge in [0.05, 0.1) is 0 Å². The topological polar surface area (TPSA) is 74.8 Å². The first kappa shape index (κ1) is 22.0. The van der Waals surface area contributed by atoms with Crippen molar-refractivity contribution in [3.63, 3.8) is 0 Å². The van der Waals surface area contributed by atoms with Crippen LogP contribution in [0.1, 0.15) is 38.5 Å². The third-order valence-corrected chi connectivity index (χ3v) is 18.9. The van der Waals surface area contributed by atoms with Crippen molar-refractivity contribution in [2.45, 2.75) is 43.7 Å². The van der Waals surface area contributed by atoms with Crippen LogP contribution in [0.15, 0.2) is 0 Å². The Morgan fingerprint density at radius 1 is 0.542 bits per heavy atom. The van der Waals surface area contributed by atoms with Crippen molar-refractivity contribution in [3.8, 4) is 0 Å². The van der Waals surface area contributed by atoms with Gasteiger partial charge in [-0.3, -0.25) is 0 Å². The summed E-state index contributed by atoms with van der Waals surface area (Å²) in [4.78, 5) is 0. The number of sulfonamides is 2. The maximum atomic E-state index is 13.1. The number of piperidine rings is 2. The molecule has 0 spiro atoms. The molecule has 0 aromatic heterocycles. The van der Waals surface area contributed by atoms with E-state index in [0.717, 1.165) is 38.5 Å². The molecule has 2 rings (SSSR count). The van der Waals surface area contributed by atoms with Crippen LogP contribution in [0, 0.1) is 0 Å². The zero-order valence-corrected chi connectivity index (χ0v) is 20.9. The van der Waals surface area contributed by atoms with Gasteiger partial charge in [0.15, 0.2) is 0 Å². The van der Waals surface area contributed by atoms with E-state index in [4.69, 9.17) is 0 Å². The Kier molecular flexibility index (Phi) is 7.35. The normalized spacial score (nSPS) is 23.3. The Bertz CT molecular complexity index is 597. The first-order valence-corrected chi connectivity index (χ1v) is 13.8. The second kappa shape index (κ2) is 8.00. The molecule has 0 amide bonds. The van der Waals surface area contributed by atoms with Gasteiger partial charge in [0.2, 0.25) is 25.2 Å². The summed E-state index contributed by atoms with van der Waals surface area (Å²) >= 11 is 12.6. The van der Waals surface area contributed by atoms with Gasteiger partial charge in [-0.05, 0) is 89.4 Å². The zero-order valence-electron chi connectivity index (χ0n) is 12.9. The quantitative estimate of drug-likeness (QED) is 0.432. The average Bonchev–Trinajstić information content (AvgIpc) is 2.56. The Morgan fingerprint density at radius 2 is 0.792 bits per heavy atom. The molecule has 0 atom stereocenters. The van der Waals surface area contributed by atoms with E-state index in [0.29, 0.717) is 26.2 Å². The van der Waals surface area contributed by atoms with Gasteiger partial charge in [0.1, 0.15) is 0 Å². The Hall–Kier alpha value is 1.74. The summed E-state index contributed by atoms with van der Waals surface area (Å²) in [6.07, 6.45) is 5.03. The van der Waals surface area contributed by atoms with Crippen molar-refractivity contribution >= 4 is 83.8 Å². The Balaban J connectivity index is 2.37. The van der Waals surface area contributed by atoms with Crippen LogP contribution >= 0.6 is 63.7 Å². The fourth-order valence-corrected chi connectivity index (χ4v) is 11.1. The Labute approximate surface area is 177 Å². The molecule has 0 aliphatic carbocycles. The lowest BCUT2D eigenvalue weighted by Crippen LogP contribution is -2.57. The smallest absolute Gasteiger partial charge is 0.210 e. The fourth-order valence-electron chi connectivity index (χ4n) is 2.84. The predicted octanol–water partition coefficient (Wildman–Crippen LogP) is 3.51. The highest BCUT2D eigenvalue weighted by molar-refractivity contribution is 9.33. The molecule has 142 valence electrons. The van der Waals surface area contributed by atoms with Crippen molar-refractivity contribution in [2.75, 3.05) is 26.2 Å². The molecule has 2 aliphatic heterocycles. The minimum absolute atomic E-state index is 0.390. The minimum atomic E-state index is -3.97. The van der Waals surface area contributed by atoms with Crippen LogP contribution in [0.4, 0.5) is 0 Å². The highest BCUT2D eigenvalue weighted by Crippen LogP contribution is 2.57. The second-order valence-corrected chi connectivity index (χ2v) is 19.1. The third-order valence-electron chi connectivity index (χ3n) is 4.30. The SMILES string of the molecule is O=S(=O)(N1CCCCC1)C(Br)(Br)C(Br)(Br)S(=O)(=O)N1CCCCC1. The van der Waals surface area contributed by atoms with Gasteiger partial charge in [0.25, 0.3) is 0 Å². The highest BCUT2D eigenvalue weighted by Gasteiger charge is 2.65. The average molecular weight is 640 g/mol. The molecule has 2 saturated heterocycles. The largest absolute Gasteiger partial charge is 0.243 e. The summed E-state index contributed by atoms with van der Waals surface area (Å²) in [7, 11) is -7.95. The van der Waals surface area contributed by atoms with Gasteiger partial charge in [0, 0.05) is 26.2 Å². The van der Waals surface area contributed by atoms with Crippen molar-refractivity contribution in [3.05, 3.63) is 0 Å². The second-order valence-electron chi connectivity index (χ2n) is 5.96. The lowest BCUT2D eigenvalue weighted by atomic mass is 10.2. The fraction of sp³-hybridized carbons (Fsp3) is 1.00. The molecule has 2 fully saturated rings. The van der Waals surface area contributed by atoms with E-state index < -0.39 is 25.2 Å². The van der Waals surface area contributed by atoms with E-state index in [1.165, 1.54) is 8.61 Å². The molecule has 0 aromatic rings. The summed E-state index contributed by atoms with van der Waals surface area (Å²) in [5.41, 5.74) is 0. The van der Waals surface area contributed by atoms with Gasteiger partial charge in [-0.25, -0.2) is 16.8 Å². The number of rotatable bonds is 5. The molecule has 0 radical (unpaired) electrons. The lowest BCUT2D eigenvalue weighted by Gasteiger charge is -2.40. The summed E-state index contributed by atoms with van der Waals surface area (Å²) in [5, 5.41) is 0. The van der Waals surface area contributed by atoms with Gasteiger partial charge >= 0.3 is 0 Å². The molecule has 2 heterocycles. The number of alkyl halides is 4. The first-order valence-electron chi connectivity index (χ1n) is 7.71. The molecular formula is C12H20Br4N2O4S2. The minimum Gasteiger partial charge on any atom is -0.210 e. The summed E-state index contributed by atoms with van der Waals surface area (Å²) < 4.78 is 51.1. The molecule has 0 aromatic carbocycles. The maximum Gasteiger partial charge on any atom is 0.243 e. The highest BCUT2D eigenvalue weighted by atomic mass is 79.9. The van der Waals surface area contributed by atoms with Gasteiger partial charge < -0.3 is 0 Å². The van der Waals surface area contributed by atoms with Gasteiger partial charge in [-0.1, -0.05) is 12.8 Å². The van der Waals surface area contributed by atoms with Crippen molar-refractivity contribution < 1.29 is 16.8 Å². The van der Waals surface area contributed by atoms with Crippen LogP contribution in [0.25, 0.3) is 0 Å². The number of nitrogens with zero attached hydrogens (tertiary/aromatic N) is 2. The predicted molar refractivity (Wildman–Crippen MR) is 110 cm³/mol. The van der Waals surface area contributed by atoms with Crippen LogP contribution < -0.4 is 0 Å². The molecule has 0 saturated carbocycles. The molecule has 6 nitrogen and oxygen atoms in total. The van der Waals surface area contributed by atoms with E-state index in [1.54, 1.807) is 0 Å². The summed E-state index contributed by atoms with van der Waals surface area (Å²) in [6.45, 7) is 1.56. The van der Waals surface area contributed by atoms with Gasteiger partial charge in [-0.15, -0.1) is 0 Å². The zero-order chi connectivity index (χ0) is 18.2. The summed E-state index contributed by atoms with van der Waals surface area (Å²) in [6, 6.07) is 0. The lowest BCUT2D eigenvalue weighted by molar-refractivity contribution is 0.339. The van der Waals surface area contributed by atoms with E-state index in [9.17, 15) is 16.8 Å². The molecule has 0 unspecified atom stereocenters. The first-order chi connectivity index (χ1) is 11.0. The number of hydrogen-bond acceptors (Lipinski definition) is 4. The standard InChI is InChI=1S/C12H20Br4N2O4S2/c13-11(14,23(19,20)17-7-3-1-4-8-17)12(15,16)24(21,22)18-9-5-2-6-10-18/h1-10H2. The third kappa shape index (κ3) is 3.81. The Morgan fingerprint density at radius 3 is 1.04 bits per heavy atom. The molecule has 12 heteroatoms. The monoisotopic (exact) mass is 636 g/mol. The van der Waals surface area contributed by atoms with Crippen LogP contribution in [0.2, 0.25) is 0 Å². The summed E-state index contributed by atoms with van der Waals surface area (Å²) in [5.74, 6) is 0. The number of halogens is 4. The van der Waals surface area contributed by atoms with Crippen LogP contribution in [-0.2, 0) is 20.0 Å². The molecule has 2 aliphatic rings. The maximum absolute atomic E-state index is 13.1. The molecule has 0 N–H and O–H groups in total. The van der Waals surface area contributed by atoms with E-state index in [-0.39, 0.29) is 0 Å². The molecule has 24 heavy (non-hydrogen) atoms. The molecule has 0 bridgehead atoms. The van der Waals surface area contributed by atoms with Gasteiger partial charge in [-0.2, -0.15) is 8.61 Å². The van der Waals surface area contributed by atoms with Crippen molar-refractivity contribution in [2.24, 2.45) is 0 Å². The van der Waals surface area contributed by atoms with E-state index in [2.05, 4.69) is 63.7 Å². The van der Waals surface area contributed by atoms with E-state index >= 15 is 0 Å². The molecular weight excluding hydrogens is 620 g/mol. The van der Waals surface area contributed by atoms with Crippen LogP contribution in [0.3, 0.4) is 0 Å². The van der Waals surface area contributed by atoms with E-state index in [1.807, 2.05) is 0 Å². The van der Waals surface area contributed by atoms with Crippen molar-refractivity contribution in [1.82, 2.24) is 8.61 Å². The van der Waals surface area contributed by atoms with Crippen LogP contribution in [0.5, 0.6) is 0 Å².